The monoisotopic (exact) mass is 584 g/mol. The molecule has 2 aromatic carbocycles. The van der Waals surface area contributed by atoms with Crippen LogP contribution in [0, 0.1) is 5.92 Å². The Labute approximate surface area is 242 Å². The lowest BCUT2D eigenvalue weighted by Crippen LogP contribution is -2.43. The molecule has 0 aromatic heterocycles. The van der Waals surface area contributed by atoms with Crippen LogP contribution in [0.25, 0.3) is 0 Å². The van der Waals surface area contributed by atoms with E-state index in [4.69, 9.17) is 9.47 Å². The van der Waals surface area contributed by atoms with E-state index in [1.165, 1.54) is 0 Å². The minimum Gasteiger partial charge on any atom is -0.494 e. The maximum atomic E-state index is 13.5. The molecule has 0 saturated heterocycles. The summed E-state index contributed by atoms with van der Waals surface area (Å²) in [6.45, 7) is 9.85. The smallest absolute Gasteiger partial charge is 0.326 e. The van der Waals surface area contributed by atoms with Gasteiger partial charge in [-0.25, -0.2) is 8.42 Å². The first-order chi connectivity index (χ1) is 19.6. The van der Waals surface area contributed by atoms with Crippen LogP contribution in [0.4, 0.5) is 5.69 Å². The second-order valence-corrected chi connectivity index (χ2v) is 12.6. The Kier molecular flexibility index (Phi) is 9.60. The Bertz CT molecular complexity index is 1390. The predicted molar refractivity (Wildman–Crippen MR) is 157 cm³/mol. The fraction of sp³-hybridized carbons (Fsp3) is 0.467. The number of anilines is 1. The minimum absolute atomic E-state index is 0.0199. The molecule has 222 valence electrons. The first-order valence-corrected chi connectivity index (χ1v) is 15.6. The molecule has 2 aliphatic heterocycles. The topological polar surface area (TPSA) is 117 Å². The molecule has 0 bridgehead atoms. The van der Waals surface area contributed by atoms with Crippen LogP contribution >= 0.6 is 0 Å². The number of nitrogens with one attached hydrogen (secondary N) is 2. The van der Waals surface area contributed by atoms with Gasteiger partial charge in [0.15, 0.2) is 5.25 Å². The van der Waals surface area contributed by atoms with Crippen LogP contribution in [0.2, 0.25) is 0 Å². The number of carbonyl (C=O) groups is 2. The quantitative estimate of drug-likeness (QED) is 0.363. The fourth-order valence-electron chi connectivity index (χ4n) is 5.47. The lowest BCUT2D eigenvalue weighted by atomic mass is 9.96. The number of likely N-dealkylation sites (N-methyl/N-ethyl adjacent to an activating group) is 1. The van der Waals surface area contributed by atoms with Gasteiger partial charge in [-0.2, -0.15) is 0 Å². The summed E-state index contributed by atoms with van der Waals surface area (Å²) in [6.07, 6.45) is 0.981. The van der Waals surface area contributed by atoms with Crippen molar-refractivity contribution in [3.05, 3.63) is 70.9 Å². The fourth-order valence-corrected chi connectivity index (χ4v) is 7.09. The number of sulfonamides is 1. The van der Waals surface area contributed by atoms with Crippen molar-refractivity contribution in [2.45, 2.75) is 52.0 Å². The van der Waals surface area contributed by atoms with Crippen molar-refractivity contribution >= 4 is 27.6 Å². The Morgan fingerprint density at radius 3 is 2.54 bits per heavy atom. The number of esters is 1. The molecular formula is C30H40N4O6S. The van der Waals surface area contributed by atoms with E-state index >= 15 is 0 Å². The molecule has 2 N–H and O–H groups in total. The van der Waals surface area contributed by atoms with Gasteiger partial charge in [0.1, 0.15) is 18.1 Å². The van der Waals surface area contributed by atoms with Crippen LogP contribution in [0.15, 0.2) is 59.8 Å². The van der Waals surface area contributed by atoms with Crippen LogP contribution in [0.3, 0.4) is 0 Å². The molecule has 0 fully saturated rings. The van der Waals surface area contributed by atoms with Crippen molar-refractivity contribution in [2.24, 2.45) is 5.92 Å². The van der Waals surface area contributed by atoms with E-state index in [0.29, 0.717) is 36.8 Å². The van der Waals surface area contributed by atoms with Gasteiger partial charge in [0.25, 0.3) is 5.91 Å². The number of hydrogen-bond donors (Lipinski definition) is 2. The molecule has 10 nitrogen and oxygen atoms in total. The molecule has 2 aromatic rings. The summed E-state index contributed by atoms with van der Waals surface area (Å²) >= 11 is 0. The number of hydrogen-bond acceptors (Lipinski definition) is 8. The van der Waals surface area contributed by atoms with Gasteiger partial charge in [-0.05, 0) is 55.1 Å². The van der Waals surface area contributed by atoms with Crippen LogP contribution in [-0.2, 0) is 31.0 Å². The summed E-state index contributed by atoms with van der Waals surface area (Å²) in [5.74, 6) is -0.978. The highest BCUT2D eigenvalue weighted by Gasteiger charge is 2.41. The van der Waals surface area contributed by atoms with Crippen molar-refractivity contribution in [3.63, 3.8) is 0 Å². The van der Waals surface area contributed by atoms with Gasteiger partial charge in [0, 0.05) is 24.8 Å². The largest absolute Gasteiger partial charge is 0.494 e. The molecule has 0 saturated carbocycles. The highest BCUT2D eigenvalue weighted by atomic mass is 32.2. The standard InChI is InChI=1S/C30H40N4O6S/c1-6-15-34-17-24-26(31-29(35)27(24)33(5)19-34)23-16-22(13-14-25(23)39-7-2)32-41(37,38)28(20(3)4)30(36)40-18-21-11-9-8-10-12-21/h8-14,16,20,26,28,32H,6-7,15,17-19H2,1-5H3,(H,31,35)/t26?,28-/m0/s1. The zero-order chi connectivity index (χ0) is 29.7. The van der Waals surface area contributed by atoms with Crippen LogP contribution in [0.1, 0.15) is 51.3 Å². The molecule has 1 amide bonds. The number of ether oxygens (including phenoxy) is 2. The first-order valence-electron chi connectivity index (χ1n) is 14.0. The highest BCUT2D eigenvalue weighted by Crippen LogP contribution is 2.40. The third-order valence-corrected chi connectivity index (χ3v) is 9.07. The SMILES string of the molecule is CCCN1CC2=C(C(=O)NC2c2cc(NS(=O)(=O)[C@H](C(=O)OCc3ccccc3)C(C)C)ccc2OCC)N(C)C1. The average molecular weight is 585 g/mol. The van der Waals surface area contributed by atoms with Gasteiger partial charge in [-0.1, -0.05) is 51.1 Å². The molecule has 4 rings (SSSR count). The van der Waals surface area contributed by atoms with Crippen molar-refractivity contribution in [1.82, 2.24) is 15.1 Å². The van der Waals surface area contributed by atoms with Crippen LogP contribution in [0.5, 0.6) is 5.75 Å². The molecule has 0 aliphatic carbocycles. The summed E-state index contributed by atoms with van der Waals surface area (Å²) in [6, 6.07) is 13.6. The Balaban J connectivity index is 1.62. The third kappa shape index (κ3) is 6.84. The lowest BCUT2D eigenvalue weighted by molar-refractivity contribution is -0.145. The molecule has 0 radical (unpaired) electrons. The Morgan fingerprint density at radius 1 is 1.15 bits per heavy atom. The minimum atomic E-state index is -4.18. The van der Waals surface area contributed by atoms with Crippen molar-refractivity contribution in [2.75, 3.05) is 38.1 Å². The molecule has 11 heteroatoms. The molecule has 0 spiro atoms. The zero-order valence-electron chi connectivity index (χ0n) is 24.3. The summed E-state index contributed by atoms with van der Waals surface area (Å²) in [4.78, 5) is 30.2. The summed E-state index contributed by atoms with van der Waals surface area (Å²) < 4.78 is 41.0. The molecule has 2 aliphatic rings. The van der Waals surface area contributed by atoms with E-state index in [-0.39, 0.29) is 18.2 Å². The van der Waals surface area contributed by atoms with Crippen molar-refractivity contribution in [1.29, 1.82) is 0 Å². The number of rotatable bonds is 12. The highest BCUT2D eigenvalue weighted by molar-refractivity contribution is 7.94. The van der Waals surface area contributed by atoms with Crippen molar-refractivity contribution in [3.8, 4) is 5.75 Å². The number of nitrogens with zero attached hydrogens (tertiary/aromatic N) is 2. The van der Waals surface area contributed by atoms with E-state index in [1.807, 2.05) is 37.1 Å². The Morgan fingerprint density at radius 2 is 1.88 bits per heavy atom. The summed E-state index contributed by atoms with van der Waals surface area (Å²) in [5, 5.41) is 1.65. The normalized spacial score (nSPS) is 18.2. The van der Waals surface area contributed by atoms with E-state index < -0.39 is 33.2 Å². The van der Waals surface area contributed by atoms with E-state index in [9.17, 15) is 18.0 Å². The van der Waals surface area contributed by atoms with Gasteiger partial charge in [0.2, 0.25) is 10.0 Å². The third-order valence-electron chi connectivity index (χ3n) is 7.15. The summed E-state index contributed by atoms with van der Waals surface area (Å²) in [5.41, 5.74) is 3.23. The average Bonchev–Trinajstić information content (AvgIpc) is 3.25. The van der Waals surface area contributed by atoms with Crippen LogP contribution < -0.4 is 14.8 Å². The second kappa shape index (κ2) is 12.9. The lowest BCUT2D eigenvalue weighted by Gasteiger charge is -2.35. The van der Waals surface area contributed by atoms with Gasteiger partial charge < -0.3 is 19.7 Å². The molecule has 2 atom stereocenters. The van der Waals surface area contributed by atoms with E-state index in [2.05, 4.69) is 21.9 Å². The molecule has 2 heterocycles. The maximum Gasteiger partial charge on any atom is 0.326 e. The molecular weight excluding hydrogens is 544 g/mol. The van der Waals surface area contributed by atoms with Gasteiger partial charge in [0.05, 0.1) is 19.3 Å². The van der Waals surface area contributed by atoms with Gasteiger partial charge in [-0.3, -0.25) is 19.2 Å². The number of carbonyl (C=O) groups excluding carboxylic acids is 2. The zero-order valence-corrected chi connectivity index (χ0v) is 25.2. The van der Waals surface area contributed by atoms with Gasteiger partial charge in [-0.15, -0.1) is 0 Å². The maximum absolute atomic E-state index is 13.5. The number of benzene rings is 2. The predicted octanol–water partition coefficient (Wildman–Crippen LogP) is 3.63. The van der Waals surface area contributed by atoms with Crippen LogP contribution in [-0.4, -0.2) is 68.8 Å². The van der Waals surface area contributed by atoms with Gasteiger partial charge >= 0.3 is 5.97 Å². The molecule has 41 heavy (non-hydrogen) atoms. The second-order valence-electron chi connectivity index (χ2n) is 10.8. The first kappa shape index (κ1) is 30.4. The summed E-state index contributed by atoms with van der Waals surface area (Å²) in [7, 11) is -2.29. The van der Waals surface area contributed by atoms with Crippen molar-refractivity contribution < 1.29 is 27.5 Å². The molecule has 1 unspecified atom stereocenters. The van der Waals surface area contributed by atoms with E-state index in [0.717, 1.165) is 24.1 Å². The Hall–Kier alpha value is -3.57. The van der Waals surface area contributed by atoms with E-state index in [1.54, 1.807) is 44.2 Å². The number of amides is 1.